The van der Waals surface area contributed by atoms with Gasteiger partial charge >= 0.3 is 5.97 Å². The van der Waals surface area contributed by atoms with Gasteiger partial charge in [0.2, 0.25) is 0 Å². The SMILES string of the molecule is COC(=O)c1ccc(N(C)C)cc1O. The molecule has 0 aliphatic rings. The number of rotatable bonds is 2. The van der Waals surface area contributed by atoms with E-state index in [1.54, 1.807) is 6.07 Å². The highest BCUT2D eigenvalue weighted by molar-refractivity contribution is 5.92. The van der Waals surface area contributed by atoms with Gasteiger partial charge in [-0.05, 0) is 12.1 Å². The normalized spacial score (nSPS) is 9.64. The van der Waals surface area contributed by atoms with Crippen molar-refractivity contribution in [1.82, 2.24) is 0 Å². The summed E-state index contributed by atoms with van der Waals surface area (Å²) in [4.78, 5) is 13.0. The van der Waals surface area contributed by atoms with E-state index < -0.39 is 5.97 Å². The molecule has 0 saturated heterocycles. The van der Waals surface area contributed by atoms with Crippen LogP contribution in [0.4, 0.5) is 5.69 Å². The van der Waals surface area contributed by atoms with Crippen LogP contribution in [0.2, 0.25) is 0 Å². The second kappa shape index (κ2) is 4.00. The van der Waals surface area contributed by atoms with Crippen LogP contribution in [0.3, 0.4) is 0 Å². The first-order valence-corrected chi connectivity index (χ1v) is 4.15. The molecule has 14 heavy (non-hydrogen) atoms. The number of carbonyl (C=O) groups excluding carboxylic acids is 1. The van der Waals surface area contributed by atoms with E-state index in [9.17, 15) is 9.90 Å². The predicted molar refractivity (Wildman–Crippen MR) is 53.8 cm³/mol. The Bertz CT molecular complexity index is 347. The lowest BCUT2D eigenvalue weighted by Gasteiger charge is -2.13. The molecular weight excluding hydrogens is 182 g/mol. The highest BCUT2D eigenvalue weighted by atomic mass is 16.5. The van der Waals surface area contributed by atoms with Gasteiger partial charge in [0.25, 0.3) is 0 Å². The maximum Gasteiger partial charge on any atom is 0.341 e. The Morgan fingerprint density at radius 1 is 1.43 bits per heavy atom. The summed E-state index contributed by atoms with van der Waals surface area (Å²) in [6.07, 6.45) is 0. The third-order valence-corrected chi connectivity index (χ3v) is 1.90. The number of hydrogen-bond acceptors (Lipinski definition) is 4. The molecule has 1 N–H and O–H groups in total. The van der Waals surface area contributed by atoms with Crippen LogP contribution in [0.25, 0.3) is 0 Å². The maximum absolute atomic E-state index is 11.1. The molecule has 1 aromatic rings. The second-order valence-electron chi connectivity index (χ2n) is 3.09. The summed E-state index contributed by atoms with van der Waals surface area (Å²) in [6.45, 7) is 0. The molecule has 0 fully saturated rings. The molecule has 0 spiro atoms. The van der Waals surface area contributed by atoms with E-state index in [-0.39, 0.29) is 11.3 Å². The Morgan fingerprint density at radius 3 is 2.50 bits per heavy atom. The number of methoxy groups -OCH3 is 1. The number of benzene rings is 1. The van der Waals surface area contributed by atoms with Gasteiger partial charge in [0.1, 0.15) is 11.3 Å². The zero-order valence-electron chi connectivity index (χ0n) is 8.44. The molecule has 4 nitrogen and oxygen atoms in total. The van der Waals surface area contributed by atoms with E-state index in [1.807, 2.05) is 19.0 Å². The minimum Gasteiger partial charge on any atom is -0.507 e. The molecule has 0 aliphatic carbocycles. The summed E-state index contributed by atoms with van der Waals surface area (Å²) in [5.74, 6) is -0.601. The van der Waals surface area contributed by atoms with Gasteiger partial charge in [-0.15, -0.1) is 0 Å². The van der Waals surface area contributed by atoms with E-state index >= 15 is 0 Å². The van der Waals surface area contributed by atoms with Gasteiger partial charge in [-0.2, -0.15) is 0 Å². The fourth-order valence-corrected chi connectivity index (χ4v) is 1.08. The lowest BCUT2D eigenvalue weighted by atomic mass is 10.2. The van der Waals surface area contributed by atoms with Gasteiger partial charge in [-0.25, -0.2) is 4.79 Å². The lowest BCUT2D eigenvalue weighted by Crippen LogP contribution is -2.09. The molecule has 1 rings (SSSR count). The maximum atomic E-state index is 11.1. The lowest BCUT2D eigenvalue weighted by molar-refractivity contribution is 0.0597. The first-order valence-electron chi connectivity index (χ1n) is 4.15. The molecule has 0 heterocycles. The fraction of sp³-hybridized carbons (Fsp3) is 0.300. The third kappa shape index (κ3) is 1.96. The van der Waals surface area contributed by atoms with Crippen LogP contribution in [0.5, 0.6) is 5.75 Å². The highest BCUT2D eigenvalue weighted by Crippen LogP contribution is 2.23. The van der Waals surface area contributed by atoms with Gasteiger partial charge < -0.3 is 14.7 Å². The van der Waals surface area contributed by atoms with Gasteiger partial charge in [0.05, 0.1) is 7.11 Å². The molecule has 0 saturated carbocycles. The number of carbonyl (C=O) groups is 1. The molecule has 1 aromatic carbocycles. The van der Waals surface area contributed by atoms with E-state index in [4.69, 9.17) is 0 Å². The summed E-state index contributed by atoms with van der Waals surface area (Å²) < 4.78 is 4.50. The van der Waals surface area contributed by atoms with Crippen LogP contribution in [-0.2, 0) is 4.74 Å². The minimum absolute atomic E-state index is 0.0666. The van der Waals surface area contributed by atoms with Gasteiger partial charge in [0, 0.05) is 25.8 Å². The summed E-state index contributed by atoms with van der Waals surface area (Å²) >= 11 is 0. The van der Waals surface area contributed by atoms with Crippen LogP contribution >= 0.6 is 0 Å². The molecule has 0 unspecified atom stereocenters. The van der Waals surface area contributed by atoms with Crippen molar-refractivity contribution in [3.05, 3.63) is 23.8 Å². The minimum atomic E-state index is -0.534. The van der Waals surface area contributed by atoms with Gasteiger partial charge in [-0.1, -0.05) is 0 Å². The zero-order valence-corrected chi connectivity index (χ0v) is 8.44. The van der Waals surface area contributed by atoms with Crippen molar-refractivity contribution in [2.24, 2.45) is 0 Å². The van der Waals surface area contributed by atoms with Crippen molar-refractivity contribution >= 4 is 11.7 Å². The molecular formula is C10H13NO3. The van der Waals surface area contributed by atoms with E-state index in [1.165, 1.54) is 19.2 Å². The average Bonchev–Trinajstić information content (AvgIpc) is 2.16. The number of anilines is 1. The number of phenols is 1. The molecule has 0 aliphatic heterocycles. The van der Waals surface area contributed by atoms with Crippen molar-refractivity contribution in [3.8, 4) is 5.75 Å². The Hall–Kier alpha value is -1.71. The summed E-state index contributed by atoms with van der Waals surface area (Å²) in [5, 5.41) is 9.51. The second-order valence-corrected chi connectivity index (χ2v) is 3.09. The topological polar surface area (TPSA) is 49.8 Å². The van der Waals surface area contributed by atoms with Crippen molar-refractivity contribution in [2.45, 2.75) is 0 Å². The van der Waals surface area contributed by atoms with Crippen LogP contribution in [0, 0.1) is 0 Å². The monoisotopic (exact) mass is 195 g/mol. The third-order valence-electron chi connectivity index (χ3n) is 1.90. The number of esters is 1. The Kier molecular flexibility index (Phi) is 2.96. The van der Waals surface area contributed by atoms with Crippen molar-refractivity contribution in [1.29, 1.82) is 0 Å². The number of phenolic OH excluding ortho intramolecular Hbond substituents is 1. The number of hydrogen-bond donors (Lipinski definition) is 1. The molecule has 0 atom stereocenters. The first kappa shape index (κ1) is 10.4. The summed E-state index contributed by atoms with van der Waals surface area (Å²) in [5.41, 5.74) is 1.01. The summed E-state index contributed by atoms with van der Waals surface area (Å²) in [6, 6.07) is 4.80. The van der Waals surface area contributed by atoms with Crippen LogP contribution in [-0.4, -0.2) is 32.3 Å². The standard InChI is InChI=1S/C10H13NO3/c1-11(2)7-4-5-8(9(12)6-7)10(13)14-3/h4-6,12H,1-3H3. The van der Waals surface area contributed by atoms with Crippen LogP contribution in [0.1, 0.15) is 10.4 Å². The number of nitrogens with zero attached hydrogens (tertiary/aromatic N) is 1. The average molecular weight is 195 g/mol. The fourth-order valence-electron chi connectivity index (χ4n) is 1.08. The Morgan fingerprint density at radius 2 is 2.07 bits per heavy atom. The van der Waals surface area contributed by atoms with E-state index in [0.29, 0.717) is 0 Å². The Balaban J connectivity index is 3.07. The first-order chi connectivity index (χ1) is 6.56. The Labute approximate surface area is 82.7 Å². The molecule has 0 aromatic heterocycles. The predicted octanol–water partition coefficient (Wildman–Crippen LogP) is 1.24. The number of ether oxygens (including phenoxy) is 1. The van der Waals surface area contributed by atoms with Crippen LogP contribution < -0.4 is 4.90 Å². The molecule has 4 heteroatoms. The molecule has 76 valence electrons. The smallest absolute Gasteiger partial charge is 0.341 e. The van der Waals surface area contributed by atoms with E-state index in [0.717, 1.165) is 5.69 Å². The van der Waals surface area contributed by atoms with Crippen molar-refractivity contribution in [3.63, 3.8) is 0 Å². The van der Waals surface area contributed by atoms with Crippen molar-refractivity contribution < 1.29 is 14.6 Å². The van der Waals surface area contributed by atoms with Crippen molar-refractivity contribution in [2.75, 3.05) is 26.1 Å². The highest BCUT2D eigenvalue weighted by Gasteiger charge is 2.11. The quantitative estimate of drug-likeness (QED) is 0.721. The number of aromatic hydroxyl groups is 1. The van der Waals surface area contributed by atoms with E-state index in [2.05, 4.69) is 4.74 Å². The molecule has 0 amide bonds. The van der Waals surface area contributed by atoms with Gasteiger partial charge in [0.15, 0.2) is 0 Å². The molecule has 0 radical (unpaired) electrons. The zero-order chi connectivity index (χ0) is 10.7. The molecule has 0 bridgehead atoms. The van der Waals surface area contributed by atoms with Crippen LogP contribution in [0.15, 0.2) is 18.2 Å². The van der Waals surface area contributed by atoms with Gasteiger partial charge in [-0.3, -0.25) is 0 Å². The summed E-state index contributed by atoms with van der Waals surface area (Å²) in [7, 11) is 4.99. The largest absolute Gasteiger partial charge is 0.507 e.